The van der Waals surface area contributed by atoms with E-state index in [1.165, 1.54) is 24.3 Å². The maximum absolute atomic E-state index is 13.1. The van der Waals surface area contributed by atoms with E-state index >= 15 is 0 Å². The Morgan fingerprint density at radius 3 is 1.62 bits per heavy atom. The summed E-state index contributed by atoms with van der Waals surface area (Å²) >= 11 is 0. The van der Waals surface area contributed by atoms with E-state index < -0.39 is 23.5 Å². The molecule has 4 rings (SSSR count). The Morgan fingerprint density at radius 1 is 0.706 bits per heavy atom. The van der Waals surface area contributed by atoms with E-state index in [0.717, 1.165) is 24.3 Å². The number of aromatic nitrogens is 3. The zero-order valence-corrected chi connectivity index (χ0v) is 17.5. The summed E-state index contributed by atoms with van der Waals surface area (Å²) in [5.74, 6) is 0.120. The summed E-state index contributed by atoms with van der Waals surface area (Å²) in [6, 6.07) is 9.02. The largest absolute Gasteiger partial charge is 0.416 e. The quantitative estimate of drug-likeness (QED) is 0.450. The fourth-order valence-electron chi connectivity index (χ4n) is 3.29. The van der Waals surface area contributed by atoms with Crippen molar-refractivity contribution in [2.75, 3.05) is 41.7 Å². The first kappa shape index (κ1) is 23.5. The molecule has 0 spiro atoms. The zero-order chi connectivity index (χ0) is 24.3. The number of anilines is 5. The molecule has 1 fully saturated rings. The van der Waals surface area contributed by atoms with Gasteiger partial charge in [-0.3, -0.25) is 0 Å². The fraction of sp³-hybridized carbons (Fsp3) is 0.286. The Hall–Kier alpha value is -3.61. The Balaban J connectivity index is 1.66. The third-order valence-electron chi connectivity index (χ3n) is 4.92. The first-order valence-electron chi connectivity index (χ1n) is 10.2. The molecule has 0 aliphatic carbocycles. The van der Waals surface area contributed by atoms with E-state index in [1.54, 1.807) is 0 Å². The molecule has 13 heteroatoms. The first-order chi connectivity index (χ1) is 16.1. The maximum Gasteiger partial charge on any atom is 0.416 e. The Morgan fingerprint density at radius 2 is 1.18 bits per heavy atom. The predicted molar refractivity (Wildman–Crippen MR) is 114 cm³/mol. The van der Waals surface area contributed by atoms with Crippen molar-refractivity contribution >= 4 is 29.2 Å². The molecule has 1 aliphatic heterocycles. The van der Waals surface area contributed by atoms with Crippen LogP contribution in [0, 0.1) is 0 Å². The number of nitrogens with zero attached hydrogens (tertiary/aromatic N) is 4. The third kappa shape index (κ3) is 5.84. The molecule has 2 heterocycles. The van der Waals surface area contributed by atoms with Gasteiger partial charge in [-0.05, 0) is 36.4 Å². The highest BCUT2D eigenvalue weighted by molar-refractivity contribution is 5.60. The number of alkyl halides is 6. The van der Waals surface area contributed by atoms with Crippen LogP contribution in [0.2, 0.25) is 0 Å². The number of halogens is 6. The van der Waals surface area contributed by atoms with Crippen molar-refractivity contribution in [3.05, 3.63) is 59.7 Å². The van der Waals surface area contributed by atoms with Crippen LogP contribution >= 0.6 is 0 Å². The van der Waals surface area contributed by atoms with Crippen LogP contribution in [-0.2, 0) is 12.4 Å². The van der Waals surface area contributed by atoms with Crippen LogP contribution in [0.3, 0.4) is 0 Å². The van der Waals surface area contributed by atoms with Crippen LogP contribution in [0.4, 0.5) is 55.6 Å². The number of hydrogen-bond donors (Lipinski definition) is 3. The molecule has 7 nitrogen and oxygen atoms in total. The van der Waals surface area contributed by atoms with Crippen LogP contribution in [0.15, 0.2) is 48.5 Å². The molecule has 3 aromatic rings. The van der Waals surface area contributed by atoms with Gasteiger partial charge >= 0.3 is 12.4 Å². The van der Waals surface area contributed by atoms with Gasteiger partial charge < -0.3 is 20.9 Å². The molecule has 3 N–H and O–H groups in total. The minimum Gasteiger partial charge on any atom is -0.338 e. The lowest BCUT2D eigenvalue weighted by molar-refractivity contribution is -0.138. The summed E-state index contributed by atoms with van der Waals surface area (Å²) in [5.41, 5.74) is -1.51. The van der Waals surface area contributed by atoms with E-state index in [1.807, 2.05) is 4.90 Å². The lowest BCUT2D eigenvalue weighted by atomic mass is 10.2. The standard InChI is InChI=1S/C21H19F6N7/c22-20(23,24)13-3-1-5-15(11-13)29-17-31-18(33-19(32-17)34-9-7-28-8-10-34)30-16-6-2-4-14(12-16)21(25,26)27/h1-6,11-12,28H,7-10H2,(H2,29,30,31,32,33). The summed E-state index contributed by atoms with van der Waals surface area (Å²) in [6.45, 7) is 2.46. The molecule has 0 unspecified atom stereocenters. The van der Waals surface area contributed by atoms with Crippen LogP contribution in [-0.4, -0.2) is 41.1 Å². The molecule has 0 radical (unpaired) electrons. The molecular weight excluding hydrogens is 464 g/mol. The maximum atomic E-state index is 13.1. The van der Waals surface area contributed by atoms with E-state index in [0.29, 0.717) is 26.2 Å². The van der Waals surface area contributed by atoms with E-state index in [9.17, 15) is 26.3 Å². The SMILES string of the molecule is FC(F)(F)c1cccc(Nc2nc(Nc3cccc(C(F)(F)F)c3)nc(N3CCNCC3)n2)c1. The second kappa shape index (κ2) is 9.33. The average molecular weight is 483 g/mol. The van der Waals surface area contributed by atoms with Crippen molar-refractivity contribution in [2.45, 2.75) is 12.4 Å². The highest BCUT2D eigenvalue weighted by Crippen LogP contribution is 2.32. The van der Waals surface area contributed by atoms with E-state index in [2.05, 4.69) is 30.9 Å². The van der Waals surface area contributed by atoms with Crippen LogP contribution in [0.5, 0.6) is 0 Å². The predicted octanol–water partition coefficient (Wildman–Crippen LogP) is 4.81. The van der Waals surface area contributed by atoms with Gasteiger partial charge in [0.1, 0.15) is 0 Å². The normalized spacial score (nSPS) is 14.7. The van der Waals surface area contributed by atoms with Crippen LogP contribution in [0.25, 0.3) is 0 Å². The van der Waals surface area contributed by atoms with Crippen molar-refractivity contribution in [2.24, 2.45) is 0 Å². The lowest BCUT2D eigenvalue weighted by Gasteiger charge is -2.27. The average Bonchev–Trinajstić information content (AvgIpc) is 2.79. The number of rotatable bonds is 5. The van der Waals surface area contributed by atoms with Gasteiger partial charge in [-0.1, -0.05) is 12.1 Å². The second-order valence-electron chi connectivity index (χ2n) is 7.43. The van der Waals surface area contributed by atoms with Crippen LogP contribution in [0.1, 0.15) is 11.1 Å². The Kier molecular flexibility index (Phi) is 6.46. The minimum atomic E-state index is -4.53. The zero-order valence-electron chi connectivity index (χ0n) is 17.5. The van der Waals surface area contributed by atoms with Crippen molar-refractivity contribution in [3.63, 3.8) is 0 Å². The summed E-state index contributed by atoms with van der Waals surface area (Å²) in [4.78, 5) is 14.6. The van der Waals surface area contributed by atoms with Gasteiger partial charge in [-0.2, -0.15) is 41.3 Å². The Labute approximate surface area is 190 Å². The van der Waals surface area contributed by atoms with Gasteiger partial charge in [0.2, 0.25) is 17.8 Å². The van der Waals surface area contributed by atoms with Gasteiger partial charge in [0.05, 0.1) is 11.1 Å². The van der Waals surface area contributed by atoms with Crippen molar-refractivity contribution in [1.29, 1.82) is 0 Å². The molecule has 0 atom stereocenters. The van der Waals surface area contributed by atoms with Gasteiger partial charge in [-0.15, -0.1) is 0 Å². The Bertz CT molecular complexity index is 1070. The topological polar surface area (TPSA) is 78.0 Å². The van der Waals surface area contributed by atoms with Gasteiger partial charge in [0.25, 0.3) is 0 Å². The number of nitrogens with one attached hydrogen (secondary N) is 3. The fourth-order valence-corrected chi connectivity index (χ4v) is 3.29. The summed E-state index contributed by atoms with van der Waals surface area (Å²) < 4.78 is 78.4. The molecule has 0 amide bonds. The summed E-state index contributed by atoms with van der Waals surface area (Å²) in [5, 5.41) is 8.64. The van der Waals surface area contributed by atoms with Crippen molar-refractivity contribution < 1.29 is 26.3 Å². The molecule has 0 saturated carbocycles. The molecule has 1 aliphatic rings. The van der Waals surface area contributed by atoms with Crippen molar-refractivity contribution in [3.8, 4) is 0 Å². The molecule has 34 heavy (non-hydrogen) atoms. The van der Waals surface area contributed by atoms with E-state index in [-0.39, 0.29) is 29.2 Å². The lowest BCUT2D eigenvalue weighted by Crippen LogP contribution is -2.44. The summed E-state index contributed by atoms with van der Waals surface area (Å²) in [7, 11) is 0. The molecule has 1 saturated heterocycles. The van der Waals surface area contributed by atoms with E-state index in [4.69, 9.17) is 0 Å². The van der Waals surface area contributed by atoms with Crippen LogP contribution < -0.4 is 20.9 Å². The first-order valence-corrected chi connectivity index (χ1v) is 10.2. The van der Waals surface area contributed by atoms with Crippen molar-refractivity contribution in [1.82, 2.24) is 20.3 Å². The second-order valence-corrected chi connectivity index (χ2v) is 7.43. The number of hydrogen-bond acceptors (Lipinski definition) is 7. The number of benzene rings is 2. The smallest absolute Gasteiger partial charge is 0.338 e. The van der Waals surface area contributed by atoms with Gasteiger partial charge in [-0.25, -0.2) is 0 Å². The van der Waals surface area contributed by atoms with Gasteiger partial charge in [0.15, 0.2) is 0 Å². The highest BCUT2D eigenvalue weighted by Gasteiger charge is 2.31. The summed E-state index contributed by atoms with van der Waals surface area (Å²) in [6.07, 6.45) is -9.06. The number of piperazine rings is 1. The third-order valence-corrected chi connectivity index (χ3v) is 4.92. The minimum absolute atomic E-state index is 0.0580. The molecular formula is C21H19F6N7. The molecule has 1 aromatic heterocycles. The monoisotopic (exact) mass is 483 g/mol. The molecule has 0 bridgehead atoms. The van der Waals surface area contributed by atoms with Gasteiger partial charge in [0, 0.05) is 37.6 Å². The molecule has 180 valence electrons. The highest BCUT2D eigenvalue weighted by atomic mass is 19.4. The molecule has 2 aromatic carbocycles.